The molecular formula is C14H16N2O. The first-order chi connectivity index (χ1) is 8.22. The summed E-state index contributed by atoms with van der Waals surface area (Å²) in [5.41, 5.74) is 2.52. The van der Waals surface area contributed by atoms with Crippen molar-refractivity contribution >= 4 is 5.91 Å². The highest BCUT2D eigenvalue weighted by Crippen LogP contribution is 2.16. The van der Waals surface area contributed by atoms with Crippen molar-refractivity contribution in [3.8, 4) is 12.3 Å². The molecule has 1 aliphatic rings. The van der Waals surface area contributed by atoms with Crippen LogP contribution in [-0.2, 0) is 17.8 Å². The molecule has 1 N–H and O–H groups in total. The van der Waals surface area contributed by atoms with E-state index in [0.29, 0.717) is 6.54 Å². The smallest absolute Gasteiger partial charge is 0.240 e. The number of nitrogens with one attached hydrogen (secondary N) is 1. The summed E-state index contributed by atoms with van der Waals surface area (Å²) in [4.78, 5) is 13.7. The fourth-order valence-corrected chi connectivity index (χ4v) is 2.11. The summed E-state index contributed by atoms with van der Waals surface area (Å²) in [6.45, 7) is 1.11. The lowest BCUT2D eigenvalue weighted by atomic mass is 9.95. The molecule has 0 saturated heterocycles. The van der Waals surface area contributed by atoms with Gasteiger partial charge in [0.15, 0.2) is 0 Å². The maximum absolute atomic E-state index is 12.1. The van der Waals surface area contributed by atoms with E-state index in [4.69, 9.17) is 6.42 Å². The second-order valence-electron chi connectivity index (χ2n) is 4.30. The molecule has 0 radical (unpaired) electrons. The summed E-state index contributed by atoms with van der Waals surface area (Å²) in [5.74, 6) is 2.55. The Bertz CT molecular complexity index is 462. The highest BCUT2D eigenvalue weighted by Gasteiger charge is 2.25. The van der Waals surface area contributed by atoms with Crippen LogP contribution in [0.4, 0.5) is 0 Å². The molecule has 88 valence electrons. The fraction of sp³-hybridized carbons (Fsp3) is 0.357. The Hall–Kier alpha value is -1.79. The van der Waals surface area contributed by atoms with E-state index in [1.54, 1.807) is 11.9 Å². The van der Waals surface area contributed by atoms with Gasteiger partial charge in [-0.2, -0.15) is 0 Å². The summed E-state index contributed by atoms with van der Waals surface area (Å²) in [7, 11) is 1.74. The van der Waals surface area contributed by atoms with E-state index in [1.807, 2.05) is 12.1 Å². The molecule has 0 saturated carbocycles. The molecule has 0 aliphatic carbocycles. The Morgan fingerprint density at radius 3 is 2.94 bits per heavy atom. The average Bonchev–Trinajstić information content (AvgIpc) is 2.37. The predicted octanol–water partition coefficient (Wildman–Crippen LogP) is 0.792. The van der Waals surface area contributed by atoms with Crippen molar-refractivity contribution in [1.29, 1.82) is 0 Å². The van der Waals surface area contributed by atoms with Crippen LogP contribution in [-0.4, -0.2) is 30.4 Å². The van der Waals surface area contributed by atoms with Gasteiger partial charge < -0.3 is 10.2 Å². The number of carbonyl (C=O) groups is 1. The van der Waals surface area contributed by atoms with E-state index in [9.17, 15) is 4.79 Å². The third-order valence-corrected chi connectivity index (χ3v) is 3.08. The van der Waals surface area contributed by atoms with Crippen molar-refractivity contribution in [2.45, 2.75) is 19.0 Å². The number of likely N-dealkylation sites (N-methyl/N-ethyl adjacent to an activating group) is 1. The van der Waals surface area contributed by atoms with E-state index in [0.717, 1.165) is 13.0 Å². The normalized spacial score (nSPS) is 18.0. The highest BCUT2D eigenvalue weighted by atomic mass is 16.2. The van der Waals surface area contributed by atoms with E-state index < -0.39 is 0 Å². The summed E-state index contributed by atoms with van der Waals surface area (Å²) >= 11 is 0. The second-order valence-corrected chi connectivity index (χ2v) is 4.30. The van der Waals surface area contributed by atoms with Gasteiger partial charge in [-0.05, 0) is 17.5 Å². The van der Waals surface area contributed by atoms with E-state index in [-0.39, 0.29) is 11.9 Å². The minimum atomic E-state index is -0.150. The molecule has 2 rings (SSSR count). The van der Waals surface area contributed by atoms with Crippen LogP contribution in [0.1, 0.15) is 11.1 Å². The lowest BCUT2D eigenvalue weighted by molar-refractivity contribution is -0.131. The summed E-state index contributed by atoms with van der Waals surface area (Å²) in [5, 5.41) is 3.25. The molecule has 1 amide bonds. The second kappa shape index (κ2) is 5.03. The molecule has 1 aromatic carbocycles. The third-order valence-electron chi connectivity index (χ3n) is 3.08. The first kappa shape index (κ1) is 11.7. The van der Waals surface area contributed by atoms with Crippen molar-refractivity contribution < 1.29 is 4.79 Å². The molecule has 17 heavy (non-hydrogen) atoms. The zero-order valence-electron chi connectivity index (χ0n) is 9.94. The van der Waals surface area contributed by atoms with Gasteiger partial charge in [-0.25, -0.2) is 0 Å². The van der Waals surface area contributed by atoms with Gasteiger partial charge in [-0.3, -0.25) is 4.79 Å². The largest absolute Gasteiger partial charge is 0.333 e. The summed E-state index contributed by atoms with van der Waals surface area (Å²) in [6.07, 6.45) is 5.95. The molecule has 0 bridgehead atoms. The summed E-state index contributed by atoms with van der Waals surface area (Å²) in [6, 6.07) is 8.05. The third kappa shape index (κ3) is 2.48. The Balaban J connectivity index is 2.08. The van der Waals surface area contributed by atoms with Crippen molar-refractivity contribution in [2.24, 2.45) is 0 Å². The number of fused-ring (bicyclic) bond motifs is 1. The molecule has 0 spiro atoms. The van der Waals surface area contributed by atoms with Gasteiger partial charge in [-0.15, -0.1) is 6.42 Å². The first-order valence-electron chi connectivity index (χ1n) is 5.71. The van der Waals surface area contributed by atoms with Gasteiger partial charge in [-0.1, -0.05) is 30.2 Å². The van der Waals surface area contributed by atoms with Gasteiger partial charge in [0.05, 0.1) is 12.6 Å². The van der Waals surface area contributed by atoms with E-state index in [2.05, 4.69) is 23.4 Å². The molecule has 1 heterocycles. The van der Waals surface area contributed by atoms with Crippen molar-refractivity contribution in [1.82, 2.24) is 10.2 Å². The SMILES string of the molecule is C#CCN(C)C(=O)C1Cc2ccccc2CN1. The van der Waals surface area contributed by atoms with Crippen molar-refractivity contribution in [3.05, 3.63) is 35.4 Å². The molecule has 1 unspecified atom stereocenters. The average molecular weight is 228 g/mol. The lowest BCUT2D eigenvalue weighted by Gasteiger charge is -2.28. The molecule has 3 heteroatoms. The van der Waals surface area contributed by atoms with Crippen LogP contribution in [0.15, 0.2) is 24.3 Å². The molecule has 0 aromatic heterocycles. The van der Waals surface area contributed by atoms with Gasteiger partial charge in [0.1, 0.15) is 0 Å². The Labute approximate surface area is 102 Å². The van der Waals surface area contributed by atoms with Crippen LogP contribution in [0.5, 0.6) is 0 Å². The molecule has 1 aliphatic heterocycles. The Morgan fingerprint density at radius 2 is 2.24 bits per heavy atom. The van der Waals surface area contributed by atoms with Crippen LogP contribution in [0, 0.1) is 12.3 Å². The van der Waals surface area contributed by atoms with Crippen LogP contribution < -0.4 is 5.32 Å². The molecule has 3 nitrogen and oxygen atoms in total. The number of hydrogen-bond acceptors (Lipinski definition) is 2. The molecule has 1 aromatic rings. The molecule has 0 fully saturated rings. The maximum atomic E-state index is 12.1. The van der Waals surface area contributed by atoms with E-state index in [1.165, 1.54) is 11.1 Å². The predicted molar refractivity (Wildman–Crippen MR) is 67.2 cm³/mol. The Morgan fingerprint density at radius 1 is 1.53 bits per heavy atom. The van der Waals surface area contributed by atoms with Gasteiger partial charge >= 0.3 is 0 Å². The van der Waals surface area contributed by atoms with Gasteiger partial charge in [0.25, 0.3) is 0 Å². The first-order valence-corrected chi connectivity index (χ1v) is 5.71. The number of terminal acetylenes is 1. The number of carbonyl (C=O) groups excluding carboxylic acids is 1. The molecule has 1 atom stereocenters. The number of hydrogen-bond donors (Lipinski definition) is 1. The Kier molecular flexibility index (Phi) is 3.46. The minimum absolute atomic E-state index is 0.0671. The zero-order valence-corrected chi connectivity index (χ0v) is 9.94. The van der Waals surface area contributed by atoms with Crippen molar-refractivity contribution in [2.75, 3.05) is 13.6 Å². The maximum Gasteiger partial charge on any atom is 0.240 e. The zero-order chi connectivity index (χ0) is 12.3. The van der Waals surface area contributed by atoms with Crippen LogP contribution in [0.2, 0.25) is 0 Å². The monoisotopic (exact) mass is 228 g/mol. The number of nitrogens with zero attached hydrogens (tertiary/aromatic N) is 1. The minimum Gasteiger partial charge on any atom is -0.333 e. The summed E-state index contributed by atoms with van der Waals surface area (Å²) < 4.78 is 0. The number of rotatable bonds is 2. The fourth-order valence-electron chi connectivity index (χ4n) is 2.11. The van der Waals surface area contributed by atoms with Crippen LogP contribution in [0.25, 0.3) is 0 Å². The van der Waals surface area contributed by atoms with Crippen LogP contribution >= 0.6 is 0 Å². The number of benzene rings is 1. The highest BCUT2D eigenvalue weighted by molar-refractivity contribution is 5.82. The van der Waals surface area contributed by atoms with Crippen LogP contribution in [0.3, 0.4) is 0 Å². The topological polar surface area (TPSA) is 32.3 Å². The van der Waals surface area contributed by atoms with Gasteiger partial charge in [0.2, 0.25) is 5.91 Å². The van der Waals surface area contributed by atoms with E-state index >= 15 is 0 Å². The molecular weight excluding hydrogens is 212 g/mol. The quantitative estimate of drug-likeness (QED) is 0.759. The standard InChI is InChI=1S/C14H16N2O/c1-3-8-16(2)14(17)13-9-11-6-4-5-7-12(11)10-15-13/h1,4-7,13,15H,8-10H2,2H3. The lowest BCUT2D eigenvalue weighted by Crippen LogP contribution is -2.48. The van der Waals surface area contributed by atoms with Gasteiger partial charge in [0, 0.05) is 13.6 Å². The van der Waals surface area contributed by atoms with Crippen molar-refractivity contribution in [3.63, 3.8) is 0 Å². The number of amides is 1.